The standard InChI is InChI=1S/C14H29NO2.CH4O3S/c1-3-5-9-13(4-2)12-17-14(16)10-7-6-8-11-15;1-5(2,3)4/h13H,3-12,15H2,1-2H3;1H3,(H,2,3,4). The summed E-state index contributed by atoms with van der Waals surface area (Å²) in [6, 6.07) is 0. The summed E-state index contributed by atoms with van der Waals surface area (Å²) in [6.45, 7) is 5.67. The lowest BCUT2D eigenvalue weighted by atomic mass is 10.0. The molecular formula is C15H33NO5S. The van der Waals surface area contributed by atoms with Crippen LogP contribution in [-0.4, -0.2) is 38.3 Å². The van der Waals surface area contributed by atoms with Crippen molar-refractivity contribution in [2.45, 2.75) is 65.2 Å². The molecule has 0 aliphatic heterocycles. The van der Waals surface area contributed by atoms with Crippen molar-refractivity contribution in [3.05, 3.63) is 0 Å². The average molecular weight is 339 g/mol. The highest BCUT2D eigenvalue weighted by molar-refractivity contribution is 7.85. The first-order valence-electron chi connectivity index (χ1n) is 8.02. The van der Waals surface area contributed by atoms with E-state index in [0.717, 1.165) is 25.7 Å². The van der Waals surface area contributed by atoms with Crippen LogP contribution in [-0.2, 0) is 19.6 Å². The highest BCUT2D eigenvalue weighted by Crippen LogP contribution is 2.13. The fourth-order valence-electron chi connectivity index (χ4n) is 1.77. The van der Waals surface area contributed by atoms with Crippen molar-refractivity contribution in [2.75, 3.05) is 19.4 Å². The maximum Gasteiger partial charge on any atom is 0.305 e. The molecule has 0 aromatic rings. The quantitative estimate of drug-likeness (QED) is 0.340. The summed E-state index contributed by atoms with van der Waals surface area (Å²) in [7, 11) is -3.67. The second kappa shape index (κ2) is 15.2. The zero-order chi connectivity index (χ0) is 17.4. The number of ether oxygens (including phenoxy) is 1. The molecule has 3 N–H and O–H groups in total. The highest BCUT2D eigenvalue weighted by atomic mass is 32.2. The van der Waals surface area contributed by atoms with Crippen molar-refractivity contribution >= 4 is 16.1 Å². The van der Waals surface area contributed by atoms with Gasteiger partial charge in [0.25, 0.3) is 10.1 Å². The average Bonchev–Trinajstić information content (AvgIpc) is 2.42. The molecule has 0 bridgehead atoms. The second-order valence-corrected chi connectivity index (χ2v) is 6.90. The van der Waals surface area contributed by atoms with Crippen molar-refractivity contribution in [1.82, 2.24) is 0 Å². The predicted molar refractivity (Wildman–Crippen MR) is 89.3 cm³/mol. The largest absolute Gasteiger partial charge is 0.465 e. The lowest BCUT2D eigenvalue weighted by Gasteiger charge is -2.14. The normalized spacial score (nSPS) is 12.2. The number of unbranched alkanes of at least 4 members (excludes halogenated alkanes) is 3. The van der Waals surface area contributed by atoms with E-state index in [-0.39, 0.29) is 5.97 Å². The van der Waals surface area contributed by atoms with Crippen LogP contribution in [0.15, 0.2) is 0 Å². The van der Waals surface area contributed by atoms with Crippen LogP contribution in [0.4, 0.5) is 0 Å². The number of hydrogen-bond donors (Lipinski definition) is 2. The van der Waals surface area contributed by atoms with E-state index in [1.807, 2.05) is 0 Å². The van der Waals surface area contributed by atoms with Crippen molar-refractivity contribution in [2.24, 2.45) is 11.7 Å². The van der Waals surface area contributed by atoms with Crippen molar-refractivity contribution < 1.29 is 22.5 Å². The Morgan fingerprint density at radius 2 is 1.77 bits per heavy atom. The van der Waals surface area contributed by atoms with Crippen LogP contribution in [0.25, 0.3) is 0 Å². The lowest BCUT2D eigenvalue weighted by molar-refractivity contribution is -0.145. The Morgan fingerprint density at radius 3 is 2.23 bits per heavy atom. The number of carbonyl (C=O) groups is 1. The molecule has 0 saturated carbocycles. The maximum absolute atomic E-state index is 11.4. The van der Waals surface area contributed by atoms with E-state index in [9.17, 15) is 13.2 Å². The summed E-state index contributed by atoms with van der Waals surface area (Å²) in [6.07, 6.45) is 8.91. The van der Waals surface area contributed by atoms with Crippen LogP contribution in [0.1, 0.15) is 65.2 Å². The summed E-state index contributed by atoms with van der Waals surface area (Å²) < 4.78 is 31.2. The zero-order valence-electron chi connectivity index (χ0n) is 14.2. The smallest absolute Gasteiger partial charge is 0.305 e. The molecule has 0 aliphatic rings. The van der Waals surface area contributed by atoms with Crippen LogP contribution in [0.2, 0.25) is 0 Å². The minimum Gasteiger partial charge on any atom is -0.465 e. The van der Waals surface area contributed by atoms with E-state index in [2.05, 4.69) is 13.8 Å². The molecule has 1 atom stereocenters. The molecule has 0 aliphatic carbocycles. The molecule has 0 aromatic heterocycles. The molecule has 0 radical (unpaired) electrons. The summed E-state index contributed by atoms with van der Waals surface area (Å²) in [5.74, 6) is 0.500. The molecule has 0 fully saturated rings. The van der Waals surface area contributed by atoms with Gasteiger partial charge in [0.15, 0.2) is 0 Å². The number of nitrogens with two attached hydrogens (primary N) is 1. The van der Waals surface area contributed by atoms with E-state index in [1.165, 1.54) is 19.3 Å². The van der Waals surface area contributed by atoms with Crippen LogP contribution < -0.4 is 5.73 Å². The van der Waals surface area contributed by atoms with E-state index >= 15 is 0 Å². The molecule has 134 valence electrons. The van der Waals surface area contributed by atoms with Crippen molar-refractivity contribution in [3.63, 3.8) is 0 Å². The predicted octanol–water partition coefficient (Wildman–Crippen LogP) is 2.77. The Hall–Kier alpha value is -0.660. The third-order valence-corrected chi connectivity index (χ3v) is 3.11. The Labute approximate surface area is 135 Å². The summed E-state index contributed by atoms with van der Waals surface area (Å²) in [4.78, 5) is 11.4. The molecule has 7 heteroatoms. The van der Waals surface area contributed by atoms with Gasteiger partial charge in [0.1, 0.15) is 0 Å². The maximum atomic E-state index is 11.4. The molecule has 6 nitrogen and oxygen atoms in total. The Balaban J connectivity index is 0. The van der Waals surface area contributed by atoms with Gasteiger partial charge in [-0.15, -0.1) is 0 Å². The number of hydrogen-bond acceptors (Lipinski definition) is 5. The van der Waals surface area contributed by atoms with Gasteiger partial charge in [0.2, 0.25) is 0 Å². The topological polar surface area (TPSA) is 107 Å². The minimum atomic E-state index is -3.67. The third-order valence-electron chi connectivity index (χ3n) is 3.11. The van der Waals surface area contributed by atoms with Gasteiger partial charge in [-0.25, -0.2) is 0 Å². The molecule has 0 aromatic carbocycles. The monoisotopic (exact) mass is 339 g/mol. The van der Waals surface area contributed by atoms with E-state index in [0.29, 0.717) is 31.7 Å². The molecule has 0 heterocycles. The van der Waals surface area contributed by atoms with Crippen molar-refractivity contribution in [3.8, 4) is 0 Å². The van der Waals surface area contributed by atoms with E-state index in [1.54, 1.807) is 0 Å². The van der Waals surface area contributed by atoms with E-state index < -0.39 is 10.1 Å². The van der Waals surface area contributed by atoms with Gasteiger partial charge in [0, 0.05) is 6.42 Å². The molecular weight excluding hydrogens is 306 g/mol. The van der Waals surface area contributed by atoms with Gasteiger partial charge in [-0.3, -0.25) is 9.35 Å². The number of esters is 1. The summed E-state index contributed by atoms with van der Waals surface area (Å²) in [5, 5.41) is 0. The number of rotatable bonds is 11. The Kier molecular flexibility index (Phi) is 16.4. The fourth-order valence-corrected chi connectivity index (χ4v) is 1.77. The van der Waals surface area contributed by atoms with Gasteiger partial charge in [0.05, 0.1) is 12.9 Å². The van der Waals surface area contributed by atoms with Crippen LogP contribution in [0, 0.1) is 5.92 Å². The second-order valence-electron chi connectivity index (χ2n) is 5.43. The third kappa shape index (κ3) is 24.4. The first-order chi connectivity index (χ1) is 10.2. The highest BCUT2D eigenvalue weighted by Gasteiger charge is 2.09. The summed E-state index contributed by atoms with van der Waals surface area (Å²) >= 11 is 0. The van der Waals surface area contributed by atoms with Crippen LogP contribution >= 0.6 is 0 Å². The molecule has 0 rings (SSSR count). The van der Waals surface area contributed by atoms with Gasteiger partial charge >= 0.3 is 5.97 Å². The first-order valence-corrected chi connectivity index (χ1v) is 9.87. The Bertz CT molecular complexity index is 349. The molecule has 0 spiro atoms. The van der Waals surface area contributed by atoms with Gasteiger partial charge in [-0.2, -0.15) is 8.42 Å². The molecule has 22 heavy (non-hydrogen) atoms. The SMILES string of the molecule is CCCCC(CC)COC(=O)CCCCCN.CS(=O)(=O)O. The Morgan fingerprint density at radius 1 is 1.18 bits per heavy atom. The van der Waals surface area contributed by atoms with E-state index in [4.69, 9.17) is 15.0 Å². The fraction of sp³-hybridized carbons (Fsp3) is 0.933. The molecule has 1 unspecified atom stereocenters. The van der Waals surface area contributed by atoms with Crippen molar-refractivity contribution in [1.29, 1.82) is 0 Å². The number of carbonyl (C=O) groups excluding carboxylic acids is 1. The molecule has 0 saturated heterocycles. The van der Waals surface area contributed by atoms with Gasteiger partial charge in [-0.1, -0.05) is 39.5 Å². The first kappa shape index (κ1) is 23.6. The van der Waals surface area contributed by atoms with Gasteiger partial charge in [-0.05, 0) is 31.7 Å². The van der Waals surface area contributed by atoms with Gasteiger partial charge < -0.3 is 10.5 Å². The zero-order valence-corrected chi connectivity index (χ0v) is 15.0. The van der Waals surface area contributed by atoms with Crippen LogP contribution in [0.3, 0.4) is 0 Å². The summed E-state index contributed by atoms with van der Waals surface area (Å²) in [5.41, 5.74) is 5.39. The lowest BCUT2D eigenvalue weighted by Crippen LogP contribution is -2.13. The molecule has 0 amide bonds. The van der Waals surface area contributed by atoms with Crippen LogP contribution in [0.5, 0.6) is 0 Å². The minimum absolute atomic E-state index is 0.0445.